The number of piperidine rings is 1. The van der Waals surface area contributed by atoms with Gasteiger partial charge in [-0.05, 0) is 48.1 Å². The number of rotatable bonds is 6. The van der Waals surface area contributed by atoms with E-state index in [1.165, 1.54) is 0 Å². The Kier molecular flexibility index (Phi) is 6.87. The second-order valence-corrected chi connectivity index (χ2v) is 7.09. The van der Waals surface area contributed by atoms with E-state index in [1.54, 1.807) is 6.08 Å². The van der Waals surface area contributed by atoms with Crippen molar-refractivity contribution < 1.29 is 9.53 Å². The first-order valence-corrected chi connectivity index (χ1v) is 9.43. The van der Waals surface area contributed by atoms with E-state index in [0.717, 1.165) is 48.7 Å². The van der Waals surface area contributed by atoms with Gasteiger partial charge in [-0.15, -0.1) is 0 Å². The van der Waals surface area contributed by atoms with Crippen LogP contribution >= 0.6 is 11.6 Å². The largest absolute Gasteiger partial charge is 0.376 e. The number of nitrogens with zero attached hydrogens (tertiary/aromatic N) is 1. The molecule has 26 heavy (non-hydrogen) atoms. The van der Waals surface area contributed by atoms with Gasteiger partial charge in [0.25, 0.3) is 0 Å². The summed E-state index contributed by atoms with van der Waals surface area (Å²) in [5, 5.41) is 0.743. The highest BCUT2D eigenvalue weighted by molar-refractivity contribution is 6.30. The van der Waals surface area contributed by atoms with Crippen LogP contribution in [0.5, 0.6) is 0 Å². The number of carbonyl (C=O) groups is 1. The molecule has 0 unspecified atom stereocenters. The van der Waals surface area contributed by atoms with Gasteiger partial charge >= 0.3 is 0 Å². The van der Waals surface area contributed by atoms with Gasteiger partial charge in [0.15, 0.2) is 0 Å². The van der Waals surface area contributed by atoms with Crippen molar-refractivity contribution in [3.63, 3.8) is 0 Å². The van der Waals surface area contributed by atoms with E-state index in [2.05, 4.69) is 0 Å². The topological polar surface area (TPSA) is 29.5 Å². The lowest BCUT2D eigenvalue weighted by Crippen LogP contribution is -2.38. The molecular weight excluding hydrogens is 346 g/mol. The van der Waals surface area contributed by atoms with Gasteiger partial charge in [0.05, 0.1) is 6.61 Å². The monoisotopic (exact) mass is 369 g/mol. The summed E-state index contributed by atoms with van der Waals surface area (Å²) in [5.74, 6) is 0.610. The molecule has 1 amide bonds. The first-order valence-electron chi connectivity index (χ1n) is 9.05. The fraction of sp³-hybridized carbons (Fsp3) is 0.318. The number of ether oxygens (including phenoxy) is 1. The lowest BCUT2D eigenvalue weighted by Gasteiger charge is -2.31. The number of amides is 1. The lowest BCUT2D eigenvalue weighted by atomic mass is 9.97. The smallest absolute Gasteiger partial charge is 0.246 e. The SMILES string of the molecule is O=C(C=Cc1ccccc1)N1CCC(COCc2ccc(Cl)cc2)CC1. The normalized spacial score (nSPS) is 15.5. The third kappa shape index (κ3) is 5.72. The Morgan fingerprint density at radius 2 is 1.77 bits per heavy atom. The molecule has 4 heteroatoms. The maximum atomic E-state index is 12.3. The zero-order valence-electron chi connectivity index (χ0n) is 14.8. The summed E-state index contributed by atoms with van der Waals surface area (Å²) in [6.45, 7) is 2.94. The van der Waals surface area contributed by atoms with E-state index in [4.69, 9.17) is 16.3 Å². The minimum Gasteiger partial charge on any atom is -0.376 e. The quantitative estimate of drug-likeness (QED) is 0.684. The molecule has 0 spiro atoms. The second kappa shape index (κ2) is 9.56. The maximum absolute atomic E-state index is 12.3. The average molecular weight is 370 g/mol. The summed E-state index contributed by atoms with van der Waals surface area (Å²) in [4.78, 5) is 14.2. The minimum atomic E-state index is 0.0920. The molecule has 0 radical (unpaired) electrons. The molecule has 2 aromatic carbocycles. The van der Waals surface area contributed by atoms with Gasteiger partial charge in [-0.1, -0.05) is 54.1 Å². The van der Waals surface area contributed by atoms with Crippen LogP contribution in [0.3, 0.4) is 0 Å². The number of carbonyl (C=O) groups excluding carboxylic acids is 1. The van der Waals surface area contributed by atoms with Crippen molar-refractivity contribution in [2.75, 3.05) is 19.7 Å². The van der Waals surface area contributed by atoms with Crippen LogP contribution in [0.25, 0.3) is 6.08 Å². The van der Waals surface area contributed by atoms with Crippen molar-refractivity contribution in [3.05, 3.63) is 76.8 Å². The zero-order valence-corrected chi connectivity index (χ0v) is 15.6. The van der Waals surface area contributed by atoms with Crippen LogP contribution in [0.4, 0.5) is 0 Å². The van der Waals surface area contributed by atoms with Gasteiger partial charge < -0.3 is 9.64 Å². The Bertz CT molecular complexity index is 720. The molecule has 136 valence electrons. The fourth-order valence-corrected chi connectivity index (χ4v) is 3.21. The summed E-state index contributed by atoms with van der Waals surface area (Å²) in [6, 6.07) is 17.6. The molecule has 1 fully saturated rings. The average Bonchev–Trinajstić information content (AvgIpc) is 2.69. The molecule has 1 heterocycles. The molecule has 2 aromatic rings. The van der Waals surface area contributed by atoms with Crippen molar-refractivity contribution in [2.45, 2.75) is 19.4 Å². The van der Waals surface area contributed by atoms with E-state index < -0.39 is 0 Å². The van der Waals surface area contributed by atoms with Crippen molar-refractivity contribution in [1.29, 1.82) is 0 Å². The molecular formula is C22H24ClNO2. The molecule has 3 nitrogen and oxygen atoms in total. The highest BCUT2D eigenvalue weighted by atomic mass is 35.5. The summed E-state index contributed by atoms with van der Waals surface area (Å²) < 4.78 is 5.84. The number of likely N-dealkylation sites (tertiary alicyclic amines) is 1. The zero-order chi connectivity index (χ0) is 18.2. The van der Waals surface area contributed by atoms with E-state index in [0.29, 0.717) is 12.5 Å². The van der Waals surface area contributed by atoms with Crippen LogP contribution in [0.2, 0.25) is 5.02 Å². The number of benzene rings is 2. The molecule has 0 aromatic heterocycles. The van der Waals surface area contributed by atoms with Gasteiger partial charge in [-0.2, -0.15) is 0 Å². The highest BCUT2D eigenvalue weighted by Gasteiger charge is 2.21. The first kappa shape index (κ1) is 18.7. The van der Waals surface area contributed by atoms with Gasteiger partial charge in [0.2, 0.25) is 5.91 Å². The van der Waals surface area contributed by atoms with E-state index in [9.17, 15) is 4.79 Å². The van der Waals surface area contributed by atoms with Gasteiger partial charge in [-0.25, -0.2) is 0 Å². The van der Waals surface area contributed by atoms with Crippen LogP contribution in [0, 0.1) is 5.92 Å². The predicted octanol–water partition coefficient (Wildman–Crippen LogP) is 4.81. The second-order valence-electron chi connectivity index (χ2n) is 6.65. The fourth-order valence-electron chi connectivity index (χ4n) is 3.08. The Balaban J connectivity index is 1.37. The van der Waals surface area contributed by atoms with Crippen LogP contribution in [0.15, 0.2) is 60.7 Å². The van der Waals surface area contributed by atoms with Crippen LogP contribution in [-0.4, -0.2) is 30.5 Å². The van der Waals surface area contributed by atoms with E-state index in [-0.39, 0.29) is 5.91 Å². The van der Waals surface area contributed by atoms with Crippen LogP contribution < -0.4 is 0 Å². The van der Waals surface area contributed by atoms with Crippen molar-refractivity contribution in [1.82, 2.24) is 4.90 Å². The third-order valence-corrected chi connectivity index (χ3v) is 4.93. The summed E-state index contributed by atoms with van der Waals surface area (Å²) in [7, 11) is 0. The number of hydrogen-bond acceptors (Lipinski definition) is 2. The first-order chi connectivity index (χ1) is 12.7. The Hall–Kier alpha value is -2.10. The Labute approximate surface area is 160 Å². The number of hydrogen-bond donors (Lipinski definition) is 0. The Morgan fingerprint density at radius 1 is 1.08 bits per heavy atom. The predicted molar refractivity (Wildman–Crippen MR) is 106 cm³/mol. The summed E-state index contributed by atoms with van der Waals surface area (Å²) >= 11 is 5.89. The van der Waals surface area contributed by atoms with E-state index in [1.807, 2.05) is 65.6 Å². The third-order valence-electron chi connectivity index (χ3n) is 4.68. The van der Waals surface area contributed by atoms with Gasteiger partial charge in [-0.3, -0.25) is 4.79 Å². The molecule has 0 atom stereocenters. The standard InChI is InChI=1S/C22H24ClNO2/c23-21-9-6-19(7-10-21)16-26-17-20-12-14-24(15-13-20)22(25)11-8-18-4-2-1-3-5-18/h1-11,20H,12-17H2. The molecule has 0 saturated carbocycles. The van der Waals surface area contributed by atoms with Gasteiger partial charge in [0, 0.05) is 30.8 Å². The summed E-state index contributed by atoms with van der Waals surface area (Å²) in [5.41, 5.74) is 2.18. The maximum Gasteiger partial charge on any atom is 0.246 e. The number of halogens is 1. The molecule has 3 rings (SSSR count). The molecule has 0 aliphatic carbocycles. The van der Waals surface area contributed by atoms with E-state index >= 15 is 0 Å². The summed E-state index contributed by atoms with van der Waals surface area (Å²) in [6.07, 6.45) is 5.54. The Morgan fingerprint density at radius 3 is 2.46 bits per heavy atom. The molecule has 0 N–H and O–H groups in total. The molecule has 1 aliphatic rings. The molecule has 1 aliphatic heterocycles. The van der Waals surface area contributed by atoms with Crippen molar-refractivity contribution in [2.24, 2.45) is 5.92 Å². The molecule has 1 saturated heterocycles. The van der Waals surface area contributed by atoms with Gasteiger partial charge in [0.1, 0.15) is 0 Å². The van der Waals surface area contributed by atoms with Crippen molar-refractivity contribution in [3.8, 4) is 0 Å². The molecule has 0 bridgehead atoms. The van der Waals surface area contributed by atoms with Crippen LogP contribution in [0.1, 0.15) is 24.0 Å². The van der Waals surface area contributed by atoms with Crippen molar-refractivity contribution >= 4 is 23.6 Å². The minimum absolute atomic E-state index is 0.0920. The van der Waals surface area contributed by atoms with Crippen LogP contribution in [-0.2, 0) is 16.1 Å². The lowest BCUT2D eigenvalue weighted by molar-refractivity contribution is -0.127. The highest BCUT2D eigenvalue weighted by Crippen LogP contribution is 2.19.